The van der Waals surface area contributed by atoms with Crippen molar-refractivity contribution in [2.75, 3.05) is 18.1 Å². The van der Waals surface area contributed by atoms with Gasteiger partial charge in [-0.1, -0.05) is 0 Å². The van der Waals surface area contributed by atoms with E-state index in [9.17, 15) is 4.79 Å². The van der Waals surface area contributed by atoms with Crippen LogP contribution in [0.25, 0.3) is 0 Å². The second-order valence-corrected chi connectivity index (χ2v) is 5.24. The van der Waals surface area contributed by atoms with E-state index in [1.807, 2.05) is 30.8 Å². The Morgan fingerprint density at radius 2 is 2.35 bits per heavy atom. The van der Waals surface area contributed by atoms with E-state index >= 15 is 0 Å². The van der Waals surface area contributed by atoms with Gasteiger partial charge in [-0.25, -0.2) is 0 Å². The van der Waals surface area contributed by atoms with Crippen molar-refractivity contribution in [1.82, 2.24) is 15.6 Å². The predicted molar refractivity (Wildman–Crippen MR) is 69.9 cm³/mol. The summed E-state index contributed by atoms with van der Waals surface area (Å²) in [5.74, 6) is 2.03. The van der Waals surface area contributed by atoms with E-state index in [4.69, 9.17) is 0 Å². The Labute approximate surface area is 106 Å². The van der Waals surface area contributed by atoms with Crippen molar-refractivity contribution in [1.29, 1.82) is 0 Å². The third-order valence-electron chi connectivity index (χ3n) is 2.80. The molecule has 0 aliphatic carbocycles. The number of pyridine rings is 1. The zero-order valence-corrected chi connectivity index (χ0v) is 10.7. The molecule has 0 spiro atoms. The van der Waals surface area contributed by atoms with Crippen LogP contribution in [-0.4, -0.2) is 35.0 Å². The van der Waals surface area contributed by atoms with E-state index in [-0.39, 0.29) is 18.0 Å². The van der Waals surface area contributed by atoms with E-state index in [0.717, 1.165) is 23.6 Å². The van der Waals surface area contributed by atoms with Crippen molar-refractivity contribution in [2.24, 2.45) is 0 Å². The molecule has 1 aromatic rings. The molecule has 2 unspecified atom stereocenters. The van der Waals surface area contributed by atoms with Gasteiger partial charge in [-0.05, 0) is 24.6 Å². The van der Waals surface area contributed by atoms with Gasteiger partial charge in [0.25, 0.3) is 0 Å². The molecule has 1 aliphatic rings. The van der Waals surface area contributed by atoms with Crippen LogP contribution in [0.15, 0.2) is 24.5 Å². The summed E-state index contributed by atoms with van der Waals surface area (Å²) in [6.07, 6.45) is 3.49. The van der Waals surface area contributed by atoms with Gasteiger partial charge in [0.05, 0.1) is 12.1 Å². The molecule has 4 nitrogen and oxygen atoms in total. The number of amides is 1. The van der Waals surface area contributed by atoms with Crippen molar-refractivity contribution in [3.8, 4) is 0 Å². The first kappa shape index (κ1) is 12.4. The molecule has 5 heteroatoms. The quantitative estimate of drug-likeness (QED) is 0.840. The molecule has 2 atom stereocenters. The zero-order chi connectivity index (χ0) is 12.1. The van der Waals surface area contributed by atoms with Gasteiger partial charge in [0, 0.05) is 30.4 Å². The summed E-state index contributed by atoms with van der Waals surface area (Å²) in [5.41, 5.74) is 1.08. The maximum absolute atomic E-state index is 12.0. The summed E-state index contributed by atoms with van der Waals surface area (Å²) in [6, 6.07) is 3.82. The molecule has 0 radical (unpaired) electrons. The van der Waals surface area contributed by atoms with Crippen LogP contribution >= 0.6 is 11.8 Å². The Hall–Kier alpha value is -1.07. The zero-order valence-electron chi connectivity index (χ0n) is 9.85. The largest absolute Gasteiger partial charge is 0.348 e. The van der Waals surface area contributed by atoms with E-state index in [0.29, 0.717) is 0 Å². The number of nitrogens with one attached hydrogen (secondary N) is 2. The van der Waals surface area contributed by atoms with Crippen LogP contribution in [0.4, 0.5) is 0 Å². The Kier molecular flexibility index (Phi) is 4.39. The van der Waals surface area contributed by atoms with E-state index < -0.39 is 0 Å². The smallest absolute Gasteiger partial charge is 0.238 e. The molecule has 1 aromatic heterocycles. The van der Waals surface area contributed by atoms with Crippen LogP contribution in [0.2, 0.25) is 0 Å². The van der Waals surface area contributed by atoms with Crippen molar-refractivity contribution in [3.63, 3.8) is 0 Å². The lowest BCUT2D eigenvalue weighted by Crippen LogP contribution is -2.49. The van der Waals surface area contributed by atoms with Crippen LogP contribution in [0.1, 0.15) is 18.5 Å². The fraction of sp³-hybridized carbons (Fsp3) is 0.500. The molecule has 2 heterocycles. The molecule has 1 aliphatic heterocycles. The van der Waals surface area contributed by atoms with Gasteiger partial charge < -0.3 is 10.6 Å². The fourth-order valence-corrected chi connectivity index (χ4v) is 2.72. The Morgan fingerprint density at radius 3 is 3.00 bits per heavy atom. The molecule has 1 fully saturated rings. The molecule has 2 N–H and O–H groups in total. The Bertz CT molecular complexity index is 365. The van der Waals surface area contributed by atoms with Gasteiger partial charge >= 0.3 is 0 Å². The summed E-state index contributed by atoms with van der Waals surface area (Å²) < 4.78 is 0. The van der Waals surface area contributed by atoms with E-state index in [1.54, 1.807) is 12.4 Å². The van der Waals surface area contributed by atoms with Crippen molar-refractivity contribution in [3.05, 3.63) is 30.1 Å². The van der Waals surface area contributed by atoms with E-state index in [1.165, 1.54) is 0 Å². The average Bonchev–Trinajstić information content (AvgIpc) is 2.40. The second-order valence-electron chi connectivity index (χ2n) is 4.09. The van der Waals surface area contributed by atoms with Crippen molar-refractivity contribution >= 4 is 17.7 Å². The van der Waals surface area contributed by atoms with Gasteiger partial charge in [0.2, 0.25) is 5.91 Å². The number of rotatable bonds is 3. The summed E-state index contributed by atoms with van der Waals surface area (Å²) in [4.78, 5) is 15.9. The minimum Gasteiger partial charge on any atom is -0.348 e. The summed E-state index contributed by atoms with van der Waals surface area (Å²) in [5, 5.41) is 6.25. The van der Waals surface area contributed by atoms with Crippen molar-refractivity contribution < 1.29 is 4.79 Å². The third-order valence-corrected chi connectivity index (χ3v) is 3.86. The normalized spacial score (nSPS) is 21.8. The average molecular weight is 251 g/mol. The first-order chi connectivity index (χ1) is 8.27. The highest BCUT2D eigenvalue weighted by Crippen LogP contribution is 2.12. The van der Waals surface area contributed by atoms with E-state index in [2.05, 4.69) is 15.6 Å². The number of hydrogen-bond acceptors (Lipinski definition) is 4. The molecule has 1 saturated heterocycles. The molecule has 92 valence electrons. The maximum atomic E-state index is 12.0. The Morgan fingerprint density at radius 1 is 1.59 bits per heavy atom. The molecular weight excluding hydrogens is 234 g/mol. The molecular formula is C12H17N3OS. The van der Waals surface area contributed by atoms with Crippen LogP contribution < -0.4 is 10.6 Å². The minimum absolute atomic E-state index is 0.0271. The molecule has 0 bridgehead atoms. The Balaban J connectivity index is 1.89. The fourth-order valence-electron chi connectivity index (χ4n) is 1.78. The SMILES string of the molecule is CC(NC(=O)C1CSCCN1)c1ccncc1. The molecule has 1 amide bonds. The molecule has 0 aromatic carbocycles. The number of nitrogens with zero attached hydrogens (tertiary/aromatic N) is 1. The second kappa shape index (κ2) is 6.02. The lowest BCUT2D eigenvalue weighted by Gasteiger charge is -2.24. The maximum Gasteiger partial charge on any atom is 0.238 e. The number of carbonyl (C=O) groups is 1. The summed E-state index contributed by atoms with van der Waals surface area (Å²) >= 11 is 1.82. The van der Waals surface area contributed by atoms with Crippen molar-refractivity contribution in [2.45, 2.75) is 19.0 Å². The lowest BCUT2D eigenvalue weighted by atomic mass is 10.1. The topological polar surface area (TPSA) is 54.0 Å². The molecule has 0 saturated carbocycles. The van der Waals surface area contributed by atoms with Crippen LogP contribution in [0, 0.1) is 0 Å². The van der Waals surface area contributed by atoms with Gasteiger partial charge in [0.1, 0.15) is 0 Å². The first-order valence-electron chi connectivity index (χ1n) is 5.79. The lowest BCUT2D eigenvalue weighted by molar-refractivity contribution is -0.123. The number of hydrogen-bond donors (Lipinski definition) is 2. The standard InChI is InChI=1S/C12H17N3OS/c1-9(10-2-4-13-5-3-10)15-12(16)11-8-17-7-6-14-11/h2-5,9,11,14H,6-8H2,1H3,(H,15,16). The van der Waals surface area contributed by atoms with Gasteiger partial charge in [-0.15, -0.1) is 0 Å². The summed E-state index contributed by atoms with van der Waals surface area (Å²) in [6.45, 7) is 2.90. The number of carbonyl (C=O) groups excluding carboxylic acids is 1. The highest BCUT2D eigenvalue weighted by atomic mass is 32.2. The monoisotopic (exact) mass is 251 g/mol. The molecule has 2 rings (SSSR count). The highest BCUT2D eigenvalue weighted by molar-refractivity contribution is 7.99. The van der Waals surface area contributed by atoms with Gasteiger partial charge in [-0.3, -0.25) is 9.78 Å². The summed E-state index contributed by atoms with van der Waals surface area (Å²) in [7, 11) is 0. The van der Waals surface area contributed by atoms with Gasteiger partial charge in [-0.2, -0.15) is 11.8 Å². The van der Waals surface area contributed by atoms with Crippen LogP contribution in [0.3, 0.4) is 0 Å². The number of thioether (sulfide) groups is 1. The predicted octanol–water partition coefficient (Wildman–Crippen LogP) is 0.964. The number of aromatic nitrogens is 1. The first-order valence-corrected chi connectivity index (χ1v) is 6.94. The third kappa shape index (κ3) is 3.44. The van der Waals surface area contributed by atoms with Crippen LogP contribution in [0.5, 0.6) is 0 Å². The van der Waals surface area contributed by atoms with Crippen LogP contribution in [-0.2, 0) is 4.79 Å². The highest BCUT2D eigenvalue weighted by Gasteiger charge is 2.22. The molecule has 17 heavy (non-hydrogen) atoms. The minimum atomic E-state index is -0.0574. The van der Waals surface area contributed by atoms with Gasteiger partial charge in [0.15, 0.2) is 0 Å².